The summed E-state index contributed by atoms with van der Waals surface area (Å²) in [6.45, 7) is -1.18. The first-order valence-electron chi connectivity index (χ1n) is 4.49. The Morgan fingerprint density at radius 1 is 1.22 bits per heavy atom. The average Bonchev–Trinajstić information content (AvgIpc) is 2.24. The molecule has 1 rings (SSSR count). The van der Waals surface area contributed by atoms with E-state index >= 15 is 0 Å². The molecule has 0 heterocycles. The summed E-state index contributed by atoms with van der Waals surface area (Å²) in [6.07, 6.45) is -7.83. The summed E-state index contributed by atoms with van der Waals surface area (Å²) in [7, 11) is -3.62. The van der Waals surface area contributed by atoms with Gasteiger partial charge >= 0.3 is 6.18 Å². The van der Waals surface area contributed by atoms with E-state index in [1.807, 2.05) is 0 Å². The normalized spacial score (nSPS) is 12.2. The molecule has 0 amide bonds. The van der Waals surface area contributed by atoms with Gasteiger partial charge in [0.1, 0.15) is 17.3 Å². The van der Waals surface area contributed by atoms with Crippen molar-refractivity contribution in [3.8, 4) is 5.75 Å². The van der Waals surface area contributed by atoms with Crippen molar-refractivity contribution in [2.45, 2.75) is 17.5 Å². The van der Waals surface area contributed by atoms with Gasteiger partial charge in [-0.3, -0.25) is 0 Å². The van der Waals surface area contributed by atoms with E-state index in [9.17, 15) is 30.4 Å². The molecular formula is C9H7F5O3S. The molecule has 102 valence electrons. The van der Waals surface area contributed by atoms with Crippen LogP contribution < -0.4 is 4.74 Å². The minimum atomic E-state index is -4.91. The first-order valence-corrected chi connectivity index (χ1v) is 5.66. The fourth-order valence-corrected chi connectivity index (χ4v) is 1.93. The van der Waals surface area contributed by atoms with E-state index in [-0.39, 0.29) is 0 Å². The molecule has 0 saturated heterocycles. The van der Waals surface area contributed by atoms with E-state index in [0.29, 0.717) is 6.07 Å². The van der Waals surface area contributed by atoms with Gasteiger partial charge in [0.25, 0.3) is 6.43 Å². The second kappa shape index (κ2) is 5.51. The van der Waals surface area contributed by atoms with Crippen molar-refractivity contribution in [2.24, 2.45) is 0 Å². The van der Waals surface area contributed by atoms with Crippen LogP contribution >= 0.6 is 0 Å². The molecule has 0 aliphatic carbocycles. The predicted octanol–water partition coefficient (Wildman–Crippen LogP) is 2.32. The smallest absolute Gasteiger partial charge is 0.417 e. The maximum atomic E-state index is 12.5. The highest BCUT2D eigenvalue weighted by atomic mass is 32.2. The van der Waals surface area contributed by atoms with Gasteiger partial charge in [0.2, 0.25) is 0 Å². The zero-order valence-electron chi connectivity index (χ0n) is 8.58. The zero-order chi connectivity index (χ0) is 13.9. The molecule has 0 atom stereocenters. The van der Waals surface area contributed by atoms with Gasteiger partial charge in [0.05, 0.1) is 5.56 Å². The highest BCUT2D eigenvalue weighted by Gasteiger charge is 2.35. The molecule has 1 aromatic rings. The van der Waals surface area contributed by atoms with Gasteiger partial charge in [0.15, 0.2) is 10.7 Å². The first-order chi connectivity index (χ1) is 8.23. The van der Waals surface area contributed by atoms with Gasteiger partial charge in [-0.2, -0.15) is 13.2 Å². The van der Waals surface area contributed by atoms with Crippen LogP contribution in [0.5, 0.6) is 5.75 Å². The van der Waals surface area contributed by atoms with Crippen molar-refractivity contribution in [3.05, 3.63) is 23.8 Å². The number of benzene rings is 1. The number of halogens is 5. The van der Waals surface area contributed by atoms with Gasteiger partial charge in [-0.05, 0) is 12.1 Å². The van der Waals surface area contributed by atoms with Crippen molar-refractivity contribution in [2.75, 3.05) is 6.61 Å². The molecule has 0 bridgehead atoms. The monoisotopic (exact) mass is 290 g/mol. The van der Waals surface area contributed by atoms with Crippen LogP contribution in [-0.2, 0) is 16.9 Å². The summed E-state index contributed by atoms with van der Waals surface area (Å²) in [5.41, 5.74) is -1.44. The summed E-state index contributed by atoms with van der Waals surface area (Å²) in [5.74, 6) is -0.735. The lowest BCUT2D eigenvalue weighted by Gasteiger charge is -2.13. The lowest BCUT2D eigenvalue weighted by Crippen LogP contribution is -2.12. The Morgan fingerprint density at radius 3 is 2.28 bits per heavy atom. The molecule has 0 unspecified atom stereocenters. The topological polar surface area (TPSA) is 43.4 Å². The second-order valence-electron chi connectivity index (χ2n) is 3.11. The first kappa shape index (κ1) is 14.7. The van der Waals surface area contributed by atoms with Gasteiger partial charge < -0.3 is 4.74 Å². The second-order valence-corrected chi connectivity index (χ2v) is 4.07. The Hall–Kier alpha value is -1.38. The van der Waals surface area contributed by atoms with Crippen LogP contribution in [0.15, 0.2) is 23.1 Å². The van der Waals surface area contributed by atoms with E-state index in [0.717, 1.165) is 12.1 Å². The maximum Gasteiger partial charge on any atom is 0.417 e. The van der Waals surface area contributed by atoms with E-state index in [1.54, 1.807) is 0 Å². The van der Waals surface area contributed by atoms with Crippen LogP contribution in [0.1, 0.15) is 5.56 Å². The summed E-state index contributed by atoms with van der Waals surface area (Å²) >= 11 is 0. The average molecular weight is 290 g/mol. The van der Waals surface area contributed by atoms with Crippen molar-refractivity contribution < 1.29 is 35.1 Å². The maximum absolute atomic E-state index is 12.5. The number of thiol groups is 1. The molecule has 3 nitrogen and oxygen atoms in total. The van der Waals surface area contributed by atoms with Crippen LogP contribution in [0.4, 0.5) is 22.0 Å². The molecule has 0 aliphatic heterocycles. The Kier molecular flexibility index (Phi) is 4.49. The third-order valence-electron chi connectivity index (χ3n) is 1.85. The molecule has 18 heavy (non-hydrogen) atoms. The van der Waals surface area contributed by atoms with Crippen LogP contribution in [-0.4, -0.2) is 21.5 Å². The molecule has 0 fully saturated rings. The number of alkyl halides is 5. The van der Waals surface area contributed by atoms with E-state index in [2.05, 4.69) is 4.74 Å². The lowest BCUT2D eigenvalue weighted by molar-refractivity contribution is -0.140. The summed E-state index contributed by atoms with van der Waals surface area (Å²) in [6, 6.07) is 2.31. The van der Waals surface area contributed by atoms with E-state index < -0.39 is 46.1 Å². The molecule has 9 heteroatoms. The molecule has 0 N–H and O–H groups in total. The Labute approximate surface area is 100 Å². The quantitative estimate of drug-likeness (QED) is 0.683. The minimum absolute atomic E-state index is 0.537. The number of rotatable bonds is 4. The van der Waals surface area contributed by atoms with Crippen molar-refractivity contribution in [1.29, 1.82) is 0 Å². The number of ether oxygens (including phenoxy) is 1. The number of hydrogen-bond donors (Lipinski definition) is 1. The third kappa shape index (κ3) is 3.56. The van der Waals surface area contributed by atoms with Gasteiger partial charge in [-0.15, -0.1) is 0 Å². The molecule has 0 aliphatic rings. The fraction of sp³-hybridized carbons (Fsp3) is 0.333. The minimum Gasteiger partial charge on any atom is -0.486 e. The van der Waals surface area contributed by atoms with Crippen molar-refractivity contribution in [3.63, 3.8) is 0 Å². The van der Waals surface area contributed by atoms with E-state index in [1.165, 1.54) is 0 Å². The predicted molar refractivity (Wildman–Crippen MR) is 51.5 cm³/mol. The Morgan fingerprint density at radius 2 is 1.83 bits per heavy atom. The van der Waals surface area contributed by atoms with Crippen LogP contribution in [0.2, 0.25) is 0 Å². The largest absolute Gasteiger partial charge is 0.486 e. The van der Waals surface area contributed by atoms with Gasteiger partial charge in [-0.25, -0.2) is 17.2 Å². The number of hydrogen-bond acceptors (Lipinski definition) is 3. The standard InChI is InChI=1S/C9H7F5O3S/c10-7(11)4-17-6-3-1-2-5(9(12,13)14)8(6)18(15)16/h1-3,7,18H,4H2. The Balaban J connectivity index is 3.27. The van der Waals surface area contributed by atoms with Gasteiger partial charge in [-0.1, -0.05) is 6.07 Å². The zero-order valence-corrected chi connectivity index (χ0v) is 9.47. The molecule has 0 saturated carbocycles. The van der Waals surface area contributed by atoms with Crippen LogP contribution in [0, 0.1) is 0 Å². The molecule has 0 spiro atoms. The van der Waals surface area contributed by atoms with Crippen LogP contribution in [0.3, 0.4) is 0 Å². The SMILES string of the molecule is O=[SH](=O)c1c(OCC(F)F)cccc1C(F)(F)F. The summed E-state index contributed by atoms with van der Waals surface area (Å²) < 4.78 is 87.3. The molecule has 1 aromatic carbocycles. The highest BCUT2D eigenvalue weighted by Crippen LogP contribution is 2.36. The Bertz CT molecular complexity index is 487. The van der Waals surface area contributed by atoms with E-state index in [4.69, 9.17) is 0 Å². The summed E-state index contributed by atoms with van der Waals surface area (Å²) in [4.78, 5) is -1.14. The van der Waals surface area contributed by atoms with Crippen molar-refractivity contribution in [1.82, 2.24) is 0 Å². The third-order valence-corrected chi connectivity index (χ3v) is 2.68. The highest BCUT2D eigenvalue weighted by molar-refractivity contribution is 7.72. The molecular weight excluding hydrogens is 283 g/mol. The summed E-state index contributed by atoms with van der Waals surface area (Å²) in [5, 5.41) is 0. The van der Waals surface area contributed by atoms with Crippen molar-refractivity contribution >= 4 is 10.7 Å². The van der Waals surface area contributed by atoms with Crippen LogP contribution in [0.25, 0.3) is 0 Å². The fourth-order valence-electron chi connectivity index (χ4n) is 1.21. The lowest BCUT2D eigenvalue weighted by atomic mass is 10.2. The van der Waals surface area contributed by atoms with Gasteiger partial charge in [0, 0.05) is 0 Å². The molecule has 0 aromatic heterocycles. The molecule has 0 radical (unpaired) electrons.